The van der Waals surface area contributed by atoms with Gasteiger partial charge in [-0.1, -0.05) is 24.3 Å². The predicted octanol–water partition coefficient (Wildman–Crippen LogP) is 2.06. The second-order valence-electron chi connectivity index (χ2n) is 4.17. The zero-order valence-corrected chi connectivity index (χ0v) is 9.31. The highest BCUT2D eigenvalue weighted by atomic mass is 16.5. The zero-order valence-electron chi connectivity index (χ0n) is 9.31. The summed E-state index contributed by atoms with van der Waals surface area (Å²) in [7, 11) is 0. The molecule has 3 nitrogen and oxygen atoms in total. The van der Waals surface area contributed by atoms with E-state index in [1.165, 1.54) is 0 Å². The highest BCUT2D eigenvalue weighted by Gasteiger charge is 2.19. The third-order valence-corrected chi connectivity index (χ3v) is 3.04. The van der Waals surface area contributed by atoms with Gasteiger partial charge in [-0.3, -0.25) is 0 Å². The van der Waals surface area contributed by atoms with Gasteiger partial charge in [0.05, 0.1) is 11.6 Å². The molecule has 3 heteroatoms. The standard InChI is InChI=1S/C14H12N2O/c15-7-10-5-6-14(17-11-8-16-9-11)13-4-2-1-3-12(10)13/h1-6,11,16H,8-9H2. The Morgan fingerprint density at radius 2 is 1.88 bits per heavy atom. The number of ether oxygens (including phenoxy) is 1. The highest BCUT2D eigenvalue weighted by molar-refractivity contribution is 5.92. The molecule has 84 valence electrons. The summed E-state index contributed by atoms with van der Waals surface area (Å²) in [5, 5.41) is 14.2. The van der Waals surface area contributed by atoms with Crippen LogP contribution in [0.3, 0.4) is 0 Å². The van der Waals surface area contributed by atoms with Crippen LogP contribution >= 0.6 is 0 Å². The average Bonchev–Trinajstić information content (AvgIpc) is 2.33. The van der Waals surface area contributed by atoms with E-state index in [1.807, 2.05) is 36.4 Å². The second kappa shape index (κ2) is 4.08. The molecule has 0 aromatic heterocycles. The topological polar surface area (TPSA) is 45.0 Å². The molecule has 1 fully saturated rings. The summed E-state index contributed by atoms with van der Waals surface area (Å²) in [6.45, 7) is 1.79. The zero-order chi connectivity index (χ0) is 11.7. The summed E-state index contributed by atoms with van der Waals surface area (Å²) in [4.78, 5) is 0. The lowest BCUT2D eigenvalue weighted by Gasteiger charge is -2.28. The highest BCUT2D eigenvalue weighted by Crippen LogP contribution is 2.29. The lowest BCUT2D eigenvalue weighted by atomic mass is 10.0. The lowest BCUT2D eigenvalue weighted by molar-refractivity contribution is 0.144. The molecule has 2 aromatic rings. The Morgan fingerprint density at radius 3 is 2.53 bits per heavy atom. The van der Waals surface area contributed by atoms with Crippen LogP contribution in [0.25, 0.3) is 10.8 Å². The van der Waals surface area contributed by atoms with Crippen LogP contribution in [0.2, 0.25) is 0 Å². The summed E-state index contributed by atoms with van der Waals surface area (Å²) in [5.74, 6) is 0.867. The van der Waals surface area contributed by atoms with Crippen molar-refractivity contribution in [3.05, 3.63) is 42.0 Å². The third kappa shape index (κ3) is 1.73. The average molecular weight is 224 g/mol. The number of fused-ring (bicyclic) bond motifs is 1. The van der Waals surface area contributed by atoms with Gasteiger partial charge < -0.3 is 10.1 Å². The van der Waals surface area contributed by atoms with Crippen molar-refractivity contribution in [1.29, 1.82) is 5.26 Å². The van der Waals surface area contributed by atoms with E-state index < -0.39 is 0 Å². The number of nitrogens with one attached hydrogen (secondary N) is 1. The number of benzene rings is 2. The number of rotatable bonds is 2. The van der Waals surface area contributed by atoms with E-state index >= 15 is 0 Å². The first-order chi connectivity index (χ1) is 8.38. The van der Waals surface area contributed by atoms with Gasteiger partial charge in [-0.25, -0.2) is 0 Å². The molecular weight excluding hydrogens is 212 g/mol. The first kappa shape index (κ1) is 10.1. The van der Waals surface area contributed by atoms with Gasteiger partial charge in [-0.15, -0.1) is 0 Å². The fourth-order valence-electron chi connectivity index (χ4n) is 2.00. The number of nitrogens with zero attached hydrogens (tertiary/aromatic N) is 1. The van der Waals surface area contributed by atoms with Gasteiger partial charge in [0, 0.05) is 23.9 Å². The van der Waals surface area contributed by atoms with Crippen molar-refractivity contribution in [2.24, 2.45) is 0 Å². The molecule has 0 unspecified atom stereocenters. The summed E-state index contributed by atoms with van der Waals surface area (Å²) in [6.07, 6.45) is 0.256. The Morgan fingerprint density at radius 1 is 1.12 bits per heavy atom. The summed E-state index contributed by atoms with van der Waals surface area (Å²) < 4.78 is 5.89. The van der Waals surface area contributed by atoms with Gasteiger partial charge in [0.2, 0.25) is 0 Å². The van der Waals surface area contributed by atoms with E-state index in [1.54, 1.807) is 0 Å². The van der Waals surface area contributed by atoms with Crippen molar-refractivity contribution in [1.82, 2.24) is 5.32 Å². The van der Waals surface area contributed by atoms with Crippen molar-refractivity contribution in [3.8, 4) is 11.8 Å². The molecule has 1 heterocycles. The van der Waals surface area contributed by atoms with Crippen molar-refractivity contribution < 1.29 is 4.74 Å². The second-order valence-corrected chi connectivity index (χ2v) is 4.17. The van der Waals surface area contributed by atoms with Crippen LogP contribution in [0.4, 0.5) is 0 Å². The number of nitriles is 1. The minimum absolute atomic E-state index is 0.256. The maximum absolute atomic E-state index is 9.06. The van der Waals surface area contributed by atoms with E-state index in [0.717, 1.165) is 29.6 Å². The Hall–Kier alpha value is -2.05. The molecule has 0 saturated carbocycles. The minimum atomic E-state index is 0.256. The van der Waals surface area contributed by atoms with E-state index in [4.69, 9.17) is 10.00 Å². The molecule has 0 aliphatic carbocycles. The molecule has 0 spiro atoms. The van der Waals surface area contributed by atoms with Crippen LogP contribution in [0.5, 0.6) is 5.75 Å². The van der Waals surface area contributed by atoms with Gasteiger partial charge in [0.1, 0.15) is 11.9 Å². The van der Waals surface area contributed by atoms with Crippen LogP contribution in [-0.4, -0.2) is 19.2 Å². The molecule has 1 N–H and O–H groups in total. The van der Waals surface area contributed by atoms with Gasteiger partial charge in [0.25, 0.3) is 0 Å². The number of hydrogen-bond donors (Lipinski definition) is 1. The monoisotopic (exact) mass is 224 g/mol. The van der Waals surface area contributed by atoms with Crippen LogP contribution < -0.4 is 10.1 Å². The predicted molar refractivity (Wildman–Crippen MR) is 65.9 cm³/mol. The lowest BCUT2D eigenvalue weighted by Crippen LogP contribution is -2.50. The van der Waals surface area contributed by atoms with E-state index in [9.17, 15) is 0 Å². The first-order valence-electron chi connectivity index (χ1n) is 5.68. The Bertz CT molecular complexity index is 597. The third-order valence-electron chi connectivity index (χ3n) is 3.04. The summed E-state index contributed by atoms with van der Waals surface area (Å²) in [5.41, 5.74) is 0.694. The maximum Gasteiger partial charge on any atom is 0.127 e. The quantitative estimate of drug-likeness (QED) is 0.849. The summed E-state index contributed by atoms with van der Waals surface area (Å²) in [6, 6.07) is 13.8. The maximum atomic E-state index is 9.06. The van der Waals surface area contributed by atoms with Gasteiger partial charge >= 0.3 is 0 Å². The molecule has 0 atom stereocenters. The van der Waals surface area contributed by atoms with Crippen LogP contribution in [0, 0.1) is 11.3 Å². The Balaban J connectivity index is 2.09. The van der Waals surface area contributed by atoms with Gasteiger partial charge in [-0.05, 0) is 12.1 Å². The SMILES string of the molecule is N#Cc1ccc(OC2CNC2)c2ccccc12. The van der Waals surface area contributed by atoms with E-state index in [2.05, 4.69) is 11.4 Å². The molecular formula is C14H12N2O. The largest absolute Gasteiger partial charge is 0.487 e. The van der Waals surface area contributed by atoms with Gasteiger partial charge in [-0.2, -0.15) is 5.26 Å². The fraction of sp³-hybridized carbons (Fsp3) is 0.214. The molecule has 0 bridgehead atoms. The van der Waals surface area contributed by atoms with Crippen LogP contribution in [0.15, 0.2) is 36.4 Å². The molecule has 0 amide bonds. The molecule has 17 heavy (non-hydrogen) atoms. The van der Waals surface area contributed by atoms with E-state index in [-0.39, 0.29) is 6.10 Å². The smallest absolute Gasteiger partial charge is 0.127 e. The Labute approximate surface area is 99.6 Å². The Kier molecular flexibility index (Phi) is 2.43. The van der Waals surface area contributed by atoms with Gasteiger partial charge in [0.15, 0.2) is 0 Å². The molecule has 3 rings (SSSR count). The summed E-state index contributed by atoms with van der Waals surface area (Å²) >= 11 is 0. The molecule has 0 radical (unpaired) electrons. The molecule has 1 aliphatic rings. The van der Waals surface area contributed by atoms with Crippen molar-refractivity contribution in [2.45, 2.75) is 6.10 Å². The molecule has 2 aromatic carbocycles. The van der Waals surface area contributed by atoms with Crippen molar-refractivity contribution in [2.75, 3.05) is 13.1 Å². The fourth-order valence-corrected chi connectivity index (χ4v) is 2.00. The number of hydrogen-bond acceptors (Lipinski definition) is 3. The minimum Gasteiger partial charge on any atom is -0.487 e. The van der Waals surface area contributed by atoms with Crippen molar-refractivity contribution in [3.63, 3.8) is 0 Å². The normalized spacial score (nSPS) is 15.2. The van der Waals surface area contributed by atoms with Crippen molar-refractivity contribution >= 4 is 10.8 Å². The first-order valence-corrected chi connectivity index (χ1v) is 5.68. The van der Waals surface area contributed by atoms with Crippen LogP contribution in [0.1, 0.15) is 5.56 Å². The molecule has 1 saturated heterocycles. The van der Waals surface area contributed by atoms with Crippen LogP contribution in [-0.2, 0) is 0 Å². The molecule has 1 aliphatic heterocycles. The van der Waals surface area contributed by atoms with E-state index in [0.29, 0.717) is 5.56 Å².